The second kappa shape index (κ2) is 8.45. The molecule has 1 aliphatic heterocycles. The van der Waals surface area contributed by atoms with E-state index in [1.54, 1.807) is 4.57 Å². The molecule has 1 fully saturated rings. The number of rotatable bonds is 6. The topological polar surface area (TPSA) is 28.5 Å². The molecule has 0 unspecified atom stereocenters. The molecule has 0 atom stereocenters. The van der Waals surface area contributed by atoms with Gasteiger partial charge < -0.3 is 9.47 Å². The number of benzene rings is 2. The molecule has 3 aromatic rings. The number of aromatic nitrogens is 1. The third-order valence-corrected chi connectivity index (χ3v) is 6.61. The quantitative estimate of drug-likeness (QED) is 0.589. The Morgan fingerprint density at radius 3 is 2.50 bits per heavy atom. The molecule has 6 heteroatoms. The number of aryl methyl sites for hydroxylation is 2. The lowest BCUT2D eigenvalue weighted by atomic mass is 10.1. The predicted octanol–water partition coefficient (Wildman–Crippen LogP) is 3.88. The van der Waals surface area contributed by atoms with Gasteiger partial charge in [0, 0.05) is 38.9 Å². The van der Waals surface area contributed by atoms with Crippen molar-refractivity contribution in [2.24, 2.45) is 7.05 Å². The summed E-state index contributed by atoms with van der Waals surface area (Å²) in [6, 6.07) is 13.2. The van der Waals surface area contributed by atoms with E-state index in [9.17, 15) is 9.18 Å². The first-order valence-electron chi connectivity index (χ1n) is 9.91. The van der Waals surface area contributed by atoms with Crippen LogP contribution in [0.15, 0.2) is 47.3 Å². The number of hydrogen-bond donors (Lipinski definition) is 0. The zero-order valence-electron chi connectivity index (χ0n) is 16.2. The molecular weight excluding hydrogens is 373 g/mol. The molecule has 1 aliphatic rings. The van der Waals surface area contributed by atoms with Gasteiger partial charge in [0.1, 0.15) is 5.82 Å². The summed E-state index contributed by atoms with van der Waals surface area (Å²) in [6.45, 7) is 5.23. The highest BCUT2D eigenvalue weighted by atomic mass is 32.1. The van der Waals surface area contributed by atoms with Crippen LogP contribution in [0.4, 0.5) is 10.1 Å². The normalized spacial score (nSPS) is 15.4. The second-order valence-electron chi connectivity index (χ2n) is 7.49. The molecule has 0 radical (unpaired) electrons. The monoisotopic (exact) mass is 399 g/mol. The molecule has 0 saturated carbocycles. The molecule has 4 rings (SSSR count). The third-order valence-electron chi connectivity index (χ3n) is 5.61. The highest BCUT2D eigenvalue weighted by Gasteiger charge is 2.16. The number of piperazine rings is 1. The Balaban J connectivity index is 1.21. The molecule has 148 valence electrons. The lowest BCUT2D eigenvalue weighted by Gasteiger charge is -2.36. The van der Waals surface area contributed by atoms with E-state index in [1.807, 2.05) is 19.2 Å². The molecule has 0 spiro atoms. The van der Waals surface area contributed by atoms with Crippen molar-refractivity contribution in [3.8, 4) is 0 Å². The summed E-state index contributed by atoms with van der Waals surface area (Å²) >= 11 is 1.33. The van der Waals surface area contributed by atoms with E-state index in [1.165, 1.54) is 35.5 Å². The van der Waals surface area contributed by atoms with Crippen molar-refractivity contribution < 1.29 is 4.39 Å². The van der Waals surface area contributed by atoms with E-state index in [0.717, 1.165) is 61.5 Å². The Morgan fingerprint density at radius 1 is 1.00 bits per heavy atom. The fourth-order valence-corrected chi connectivity index (χ4v) is 4.82. The fourth-order valence-electron chi connectivity index (χ4n) is 3.88. The van der Waals surface area contributed by atoms with E-state index >= 15 is 0 Å². The van der Waals surface area contributed by atoms with Gasteiger partial charge in [-0.1, -0.05) is 17.4 Å². The molecule has 0 N–H and O–H groups in total. The Morgan fingerprint density at radius 2 is 1.75 bits per heavy atom. The molecular formula is C22H26FN3OS. The zero-order valence-corrected chi connectivity index (χ0v) is 17.1. The van der Waals surface area contributed by atoms with Gasteiger partial charge in [0.15, 0.2) is 0 Å². The van der Waals surface area contributed by atoms with E-state index in [0.29, 0.717) is 0 Å². The number of unbranched alkanes of at least 4 members (excludes halogenated alkanes) is 1. The van der Waals surface area contributed by atoms with Crippen LogP contribution in [0.5, 0.6) is 0 Å². The summed E-state index contributed by atoms with van der Waals surface area (Å²) in [4.78, 5) is 16.7. The van der Waals surface area contributed by atoms with Gasteiger partial charge in [0.25, 0.3) is 0 Å². The lowest BCUT2D eigenvalue weighted by molar-refractivity contribution is 0.253. The van der Waals surface area contributed by atoms with Crippen LogP contribution in [0.1, 0.15) is 18.4 Å². The second-order valence-corrected chi connectivity index (χ2v) is 8.48. The minimum absolute atomic E-state index is 0.104. The fraction of sp³-hybridized carbons (Fsp3) is 0.409. The Labute approximate surface area is 168 Å². The van der Waals surface area contributed by atoms with Gasteiger partial charge in [-0.15, -0.1) is 0 Å². The Bertz CT molecular complexity index is 987. The zero-order chi connectivity index (χ0) is 19.5. The highest BCUT2D eigenvalue weighted by molar-refractivity contribution is 7.16. The number of hydrogen-bond acceptors (Lipinski definition) is 4. The van der Waals surface area contributed by atoms with Gasteiger partial charge in [-0.05, 0) is 67.8 Å². The average Bonchev–Trinajstić information content (AvgIpc) is 3.00. The third kappa shape index (κ3) is 4.28. The maximum atomic E-state index is 13.1. The van der Waals surface area contributed by atoms with Crippen LogP contribution >= 0.6 is 11.3 Å². The minimum Gasteiger partial charge on any atom is -0.369 e. The molecule has 0 bridgehead atoms. The van der Waals surface area contributed by atoms with Crippen molar-refractivity contribution in [3.05, 3.63) is 63.5 Å². The van der Waals surface area contributed by atoms with Gasteiger partial charge in [0.2, 0.25) is 0 Å². The van der Waals surface area contributed by atoms with E-state index < -0.39 is 0 Å². The SMILES string of the molecule is Cn1c(=O)sc2cc(CCCCN3CCN(c4ccc(F)cc4)CC3)ccc21. The summed E-state index contributed by atoms with van der Waals surface area (Å²) < 4.78 is 15.9. The number of thiazole rings is 1. The first kappa shape index (κ1) is 19.2. The standard InChI is InChI=1S/C22H26FN3OS/c1-24-20-10-5-17(16-21(20)28-22(24)27)4-2-3-11-25-12-14-26(15-13-25)19-8-6-18(23)7-9-19/h5-10,16H,2-4,11-15H2,1H3. The molecule has 2 heterocycles. The van der Waals surface area contributed by atoms with Crippen molar-refractivity contribution in [3.63, 3.8) is 0 Å². The molecule has 2 aromatic carbocycles. The van der Waals surface area contributed by atoms with Crippen LogP contribution in [0, 0.1) is 5.82 Å². The van der Waals surface area contributed by atoms with Crippen molar-refractivity contribution in [2.45, 2.75) is 19.3 Å². The van der Waals surface area contributed by atoms with Crippen molar-refractivity contribution >= 4 is 27.2 Å². The van der Waals surface area contributed by atoms with Crippen LogP contribution in [0.25, 0.3) is 10.2 Å². The maximum Gasteiger partial charge on any atom is 0.307 e. The number of nitrogens with zero attached hydrogens (tertiary/aromatic N) is 3. The van der Waals surface area contributed by atoms with Gasteiger partial charge in [-0.2, -0.15) is 0 Å². The number of anilines is 1. The molecule has 28 heavy (non-hydrogen) atoms. The highest BCUT2D eigenvalue weighted by Crippen LogP contribution is 2.20. The largest absolute Gasteiger partial charge is 0.369 e. The van der Waals surface area contributed by atoms with E-state index in [4.69, 9.17) is 0 Å². The molecule has 1 saturated heterocycles. The van der Waals surface area contributed by atoms with Crippen LogP contribution in [0.2, 0.25) is 0 Å². The van der Waals surface area contributed by atoms with Crippen LogP contribution < -0.4 is 9.77 Å². The summed E-state index contributed by atoms with van der Waals surface area (Å²) in [5, 5.41) is 0. The summed E-state index contributed by atoms with van der Waals surface area (Å²) in [6.07, 6.45) is 3.40. The summed E-state index contributed by atoms with van der Waals surface area (Å²) in [5.41, 5.74) is 3.45. The Kier molecular flexibility index (Phi) is 5.78. The van der Waals surface area contributed by atoms with Crippen molar-refractivity contribution in [1.29, 1.82) is 0 Å². The minimum atomic E-state index is -0.178. The van der Waals surface area contributed by atoms with Crippen LogP contribution in [-0.4, -0.2) is 42.2 Å². The van der Waals surface area contributed by atoms with E-state index in [-0.39, 0.29) is 10.7 Å². The summed E-state index contributed by atoms with van der Waals surface area (Å²) in [7, 11) is 1.83. The van der Waals surface area contributed by atoms with Crippen LogP contribution in [0.3, 0.4) is 0 Å². The smallest absolute Gasteiger partial charge is 0.307 e. The first-order chi connectivity index (χ1) is 13.6. The maximum absolute atomic E-state index is 13.1. The average molecular weight is 400 g/mol. The molecule has 1 aromatic heterocycles. The molecule has 0 aliphatic carbocycles. The first-order valence-corrected chi connectivity index (χ1v) is 10.7. The molecule has 0 amide bonds. The summed E-state index contributed by atoms with van der Waals surface area (Å²) in [5.74, 6) is -0.178. The van der Waals surface area contributed by atoms with Crippen LogP contribution in [-0.2, 0) is 13.5 Å². The number of fused-ring (bicyclic) bond motifs is 1. The van der Waals surface area contributed by atoms with Crippen molar-refractivity contribution in [1.82, 2.24) is 9.47 Å². The van der Waals surface area contributed by atoms with E-state index in [2.05, 4.69) is 28.0 Å². The van der Waals surface area contributed by atoms with Gasteiger partial charge >= 0.3 is 4.87 Å². The van der Waals surface area contributed by atoms with Crippen molar-refractivity contribution in [2.75, 3.05) is 37.6 Å². The predicted molar refractivity (Wildman–Crippen MR) is 115 cm³/mol. The molecule has 4 nitrogen and oxygen atoms in total. The Hall–Kier alpha value is -2.18. The van der Waals surface area contributed by atoms with Gasteiger partial charge in [0.05, 0.1) is 10.2 Å². The van der Waals surface area contributed by atoms with Gasteiger partial charge in [-0.3, -0.25) is 9.69 Å². The van der Waals surface area contributed by atoms with Gasteiger partial charge in [-0.25, -0.2) is 4.39 Å². The number of halogens is 1. The lowest BCUT2D eigenvalue weighted by Crippen LogP contribution is -2.46.